The van der Waals surface area contributed by atoms with Crippen LogP contribution in [0.5, 0.6) is 5.75 Å². The van der Waals surface area contributed by atoms with Crippen molar-refractivity contribution in [2.75, 3.05) is 13.1 Å². The molecule has 4 nitrogen and oxygen atoms in total. The Balaban J connectivity index is 1.49. The zero-order chi connectivity index (χ0) is 15.6. The molecule has 116 valence electrons. The maximum absolute atomic E-state index is 12.4. The Morgan fingerprint density at radius 3 is 3.04 bits per heavy atom. The molecule has 0 unspecified atom stereocenters. The fraction of sp³-hybridized carbons (Fsp3) is 0.222. The molecule has 1 amide bonds. The van der Waals surface area contributed by atoms with Gasteiger partial charge in [-0.3, -0.25) is 9.78 Å². The highest BCUT2D eigenvalue weighted by Crippen LogP contribution is 2.26. The van der Waals surface area contributed by atoms with Crippen LogP contribution < -0.4 is 4.74 Å². The van der Waals surface area contributed by atoms with Gasteiger partial charge in [0.1, 0.15) is 17.4 Å². The molecule has 3 heterocycles. The number of amides is 1. The molecule has 0 bridgehead atoms. The number of para-hydroxylation sites is 1. The number of carbonyl (C=O) groups excluding carboxylic acids is 1. The quantitative estimate of drug-likeness (QED) is 0.739. The van der Waals surface area contributed by atoms with E-state index in [0.29, 0.717) is 6.54 Å². The number of rotatable bonds is 3. The molecule has 1 aliphatic heterocycles. The molecule has 1 atom stereocenters. The third-order valence-electron chi connectivity index (χ3n) is 4.09. The van der Waals surface area contributed by atoms with Crippen LogP contribution in [0.4, 0.5) is 0 Å². The molecule has 1 aliphatic rings. The van der Waals surface area contributed by atoms with Crippen molar-refractivity contribution in [3.8, 4) is 5.75 Å². The standard InChI is InChI=1S/C18H16N2O2S/c21-18(14-7-10-23-12-14)20-9-6-15(11-20)22-16-5-1-3-13-4-2-8-19-17(13)16/h1-5,7-8,10,12,15H,6,9,11H2/t15-/m1/s1. The number of fused-ring (bicyclic) bond motifs is 1. The molecule has 0 N–H and O–H groups in total. The average Bonchev–Trinajstić information content (AvgIpc) is 3.27. The van der Waals surface area contributed by atoms with Crippen LogP contribution in [0.3, 0.4) is 0 Å². The molecule has 2 aromatic heterocycles. The summed E-state index contributed by atoms with van der Waals surface area (Å²) in [5, 5.41) is 4.89. The maximum Gasteiger partial charge on any atom is 0.254 e. The monoisotopic (exact) mass is 324 g/mol. The molecule has 1 aromatic carbocycles. The Bertz CT molecular complexity index is 827. The Morgan fingerprint density at radius 1 is 1.26 bits per heavy atom. The van der Waals surface area contributed by atoms with Crippen molar-refractivity contribution < 1.29 is 9.53 Å². The van der Waals surface area contributed by atoms with Gasteiger partial charge >= 0.3 is 0 Å². The van der Waals surface area contributed by atoms with E-state index in [9.17, 15) is 4.79 Å². The minimum absolute atomic E-state index is 0.0187. The first-order valence-corrected chi connectivity index (χ1v) is 8.57. The van der Waals surface area contributed by atoms with Crippen molar-refractivity contribution in [1.29, 1.82) is 0 Å². The molecular formula is C18H16N2O2S. The van der Waals surface area contributed by atoms with Gasteiger partial charge in [0, 0.05) is 29.9 Å². The van der Waals surface area contributed by atoms with E-state index in [0.717, 1.165) is 35.2 Å². The largest absolute Gasteiger partial charge is 0.486 e. The summed E-state index contributed by atoms with van der Waals surface area (Å²) < 4.78 is 6.13. The third-order valence-corrected chi connectivity index (χ3v) is 4.77. The lowest BCUT2D eigenvalue weighted by molar-refractivity contribution is 0.0773. The van der Waals surface area contributed by atoms with E-state index >= 15 is 0 Å². The lowest BCUT2D eigenvalue weighted by atomic mass is 10.2. The van der Waals surface area contributed by atoms with Crippen LogP contribution in [-0.2, 0) is 0 Å². The molecule has 0 aliphatic carbocycles. The number of nitrogens with zero attached hydrogens (tertiary/aromatic N) is 2. The zero-order valence-electron chi connectivity index (χ0n) is 12.5. The van der Waals surface area contributed by atoms with E-state index in [1.54, 1.807) is 17.5 Å². The van der Waals surface area contributed by atoms with E-state index in [2.05, 4.69) is 4.98 Å². The number of aromatic nitrogens is 1. The van der Waals surface area contributed by atoms with Crippen molar-refractivity contribution in [2.45, 2.75) is 12.5 Å². The Kier molecular flexibility index (Phi) is 3.71. The molecule has 0 saturated carbocycles. The lowest BCUT2D eigenvalue weighted by Crippen LogP contribution is -2.30. The van der Waals surface area contributed by atoms with Crippen LogP contribution in [-0.4, -0.2) is 35.0 Å². The van der Waals surface area contributed by atoms with Gasteiger partial charge in [-0.1, -0.05) is 18.2 Å². The first kappa shape index (κ1) is 14.2. The molecule has 0 radical (unpaired) electrons. The van der Waals surface area contributed by atoms with Gasteiger partial charge in [-0.05, 0) is 23.6 Å². The van der Waals surface area contributed by atoms with E-state index in [1.807, 2.05) is 52.1 Å². The van der Waals surface area contributed by atoms with Crippen molar-refractivity contribution in [2.24, 2.45) is 0 Å². The Morgan fingerprint density at radius 2 is 2.17 bits per heavy atom. The Labute approximate surface area is 138 Å². The van der Waals surface area contributed by atoms with Gasteiger partial charge in [-0.2, -0.15) is 11.3 Å². The molecule has 23 heavy (non-hydrogen) atoms. The second-order valence-electron chi connectivity index (χ2n) is 5.62. The summed E-state index contributed by atoms with van der Waals surface area (Å²) in [4.78, 5) is 18.7. The third kappa shape index (κ3) is 2.80. The predicted octanol–water partition coefficient (Wildman–Crippen LogP) is 3.59. The lowest BCUT2D eigenvalue weighted by Gasteiger charge is -2.17. The second kappa shape index (κ2) is 6.01. The normalized spacial score (nSPS) is 17.6. The van der Waals surface area contributed by atoms with E-state index in [1.165, 1.54) is 0 Å². The minimum atomic E-state index is 0.0187. The van der Waals surface area contributed by atoms with Gasteiger partial charge in [0.25, 0.3) is 5.91 Å². The van der Waals surface area contributed by atoms with Crippen molar-refractivity contribution in [3.63, 3.8) is 0 Å². The van der Waals surface area contributed by atoms with Gasteiger partial charge in [0.15, 0.2) is 0 Å². The summed E-state index contributed by atoms with van der Waals surface area (Å²) in [6.45, 7) is 1.36. The molecule has 4 rings (SSSR count). The number of carbonyl (C=O) groups is 1. The maximum atomic E-state index is 12.4. The van der Waals surface area contributed by atoms with Crippen molar-refractivity contribution in [1.82, 2.24) is 9.88 Å². The minimum Gasteiger partial charge on any atom is -0.486 e. The average molecular weight is 324 g/mol. The molecule has 0 spiro atoms. The number of benzene rings is 1. The van der Waals surface area contributed by atoms with Gasteiger partial charge in [-0.25, -0.2) is 0 Å². The van der Waals surface area contributed by atoms with Crippen LogP contribution in [0.2, 0.25) is 0 Å². The fourth-order valence-electron chi connectivity index (χ4n) is 2.93. The highest BCUT2D eigenvalue weighted by molar-refractivity contribution is 7.08. The van der Waals surface area contributed by atoms with Crippen LogP contribution >= 0.6 is 11.3 Å². The summed E-state index contributed by atoms with van der Waals surface area (Å²) in [5.41, 5.74) is 1.64. The number of pyridine rings is 1. The zero-order valence-corrected chi connectivity index (χ0v) is 13.3. The van der Waals surface area contributed by atoms with Crippen LogP contribution in [0.15, 0.2) is 53.4 Å². The second-order valence-corrected chi connectivity index (χ2v) is 6.40. The first-order valence-electron chi connectivity index (χ1n) is 7.63. The smallest absolute Gasteiger partial charge is 0.254 e. The number of ether oxygens (including phenoxy) is 1. The van der Waals surface area contributed by atoms with Crippen LogP contribution in [0, 0.1) is 0 Å². The number of hydrogen-bond donors (Lipinski definition) is 0. The van der Waals surface area contributed by atoms with Gasteiger partial charge < -0.3 is 9.64 Å². The van der Waals surface area contributed by atoms with E-state index in [-0.39, 0.29) is 12.0 Å². The van der Waals surface area contributed by atoms with Crippen LogP contribution in [0.1, 0.15) is 16.8 Å². The fourth-order valence-corrected chi connectivity index (χ4v) is 3.56. The van der Waals surface area contributed by atoms with E-state index in [4.69, 9.17) is 4.74 Å². The first-order chi connectivity index (χ1) is 11.3. The molecule has 5 heteroatoms. The van der Waals surface area contributed by atoms with Crippen LogP contribution in [0.25, 0.3) is 10.9 Å². The Hall–Kier alpha value is -2.40. The predicted molar refractivity (Wildman–Crippen MR) is 91.0 cm³/mol. The number of thiophene rings is 1. The number of hydrogen-bond acceptors (Lipinski definition) is 4. The van der Waals surface area contributed by atoms with Crippen molar-refractivity contribution in [3.05, 3.63) is 58.9 Å². The van der Waals surface area contributed by atoms with Gasteiger partial charge in [-0.15, -0.1) is 0 Å². The highest BCUT2D eigenvalue weighted by atomic mass is 32.1. The van der Waals surface area contributed by atoms with Gasteiger partial charge in [0.05, 0.1) is 12.1 Å². The molecule has 1 saturated heterocycles. The summed E-state index contributed by atoms with van der Waals surface area (Å²) in [7, 11) is 0. The summed E-state index contributed by atoms with van der Waals surface area (Å²) in [6, 6.07) is 11.8. The summed E-state index contributed by atoms with van der Waals surface area (Å²) >= 11 is 1.54. The van der Waals surface area contributed by atoms with E-state index < -0.39 is 0 Å². The molecular weight excluding hydrogens is 308 g/mol. The summed E-state index contributed by atoms with van der Waals surface area (Å²) in [6.07, 6.45) is 2.64. The molecule has 3 aromatic rings. The van der Waals surface area contributed by atoms with Gasteiger partial charge in [0.2, 0.25) is 0 Å². The SMILES string of the molecule is O=C(c1ccsc1)N1CC[C@@H](Oc2cccc3cccnc23)C1. The van der Waals surface area contributed by atoms with Crippen molar-refractivity contribution >= 4 is 28.1 Å². The topological polar surface area (TPSA) is 42.4 Å². The number of likely N-dealkylation sites (tertiary alicyclic amines) is 1. The summed E-state index contributed by atoms with van der Waals surface area (Å²) in [5.74, 6) is 0.881. The molecule has 1 fully saturated rings. The highest BCUT2D eigenvalue weighted by Gasteiger charge is 2.28.